The highest BCUT2D eigenvalue weighted by Gasteiger charge is 2.18. The zero-order valence-corrected chi connectivity index (χ0v) is 13.3. The van der Waals surface area contributed by atoms with Gasteiger partial charge in [0.2, 0.25) is 0 Å². The first kappa shape index (κ1) is 14.3. The van der Waals surface area contributed by atoms with E-state index in [0.29, 0.717) is 11.8 Å². The summed E-state index contributed by atoms with van der Waals surface area (Å²) in [4.78, 5) is 0. The molecule has 1 heterocycles. The number of aromatic nitrogens is 2. The van der Waals surface area contributed by atoms with Crippen molar-refractivity contribution in [3.05, 3.63) is 65.6 Å². The minimum atomic E-state index is -0.151. The fourth-order valence-electron chi connectivity index (χ4n) is 2.73. The van der Waals surface area contributed by atoms with Crippen LogP contribution in [0.3, 0.4) is 0 Å². The second-order valence-corrected chi connectivity index (χ2v) is 5.81. The van der Waals surface area contributed by atoms with Crippen LogP contribution in [-0.4, -0.2) is 15.1 Å². The van der Waals surface area contributed by atoms with Gasteiger partial charge in [0.25, 0.3) is 0 Å². The molecule has 108 valence electrons. The predicted octanol–water partition coefficient (Wildman–Crippen LogP) is 4.43. The van der Waals surface area contributed by atoms with Crippen molar-refractivity contribution in [1.29, 1.82) is 0 Å². The lowest BCUT2D eigenvalue weighted by Crippen LogP contribution is -2.07. The topological polar surface area (TPSA) is 17.8 Å². The van der Waals surface area contributed by atoms with Crippen molar-refractivity contribution in [1.82, 2.24) is 9.78 Å². The normalized spacial score (nSPS) is 12.7. The van der Waals surface area contributed by atoms with Gasteiger partial charge < -0.3 is 0 Å². The number of fused-ring (bicyclic) bond motifs is 1. The van der Waals surface area contributed by atoms with Crippen LogP contribution in [0.25, 0.3) is 10.9 Å². The summed E-state index contributed by atoms with van der Waals surface area (Å²) in [5, 5.41) is 6.45. The molecule has 1 atom stereocenters. The van der Waals surface area contributed by atoms with Crippen molar-refractivity contribution in [3.63, 3.8) is 0 Å². The van der Waals surface area contributed by atoms with Crippen molar-refractivity contribution in [3.8, 4) is 0 Å². The molecule has 4 heteroatoms. The molecule has 21 heavy (non-hydrogen) atoms. The molecule has 0 saturated heterocycles. The number of para-hydroxylation sites is 1. The number of rotatable bonds is 4. The molecule has 0 saturated carbocycles. The van der Waals surface area contributed by atoms with Gasteiger partial charge in [-0.2, -0.15) is 5.10 Å². The van der Waals surface area contributed by atoms with Gasteiger partial charge in [-0.1, -0.05) is 52.3 Å². The van der Waals surface area contributed by atoms with E-state index in [1.807, 2.05) is 36.0 Å². The van der Waals surface area contributed by atoms with Gasteiger partial charge in [0.15, 0.2) is 0 Å². The zero-order valence-electron chi connectivity index (χ0n) is 11.8. The largest absolute Gasteiger partial charge is 0.268 e. The van der Waals surface area contributed by atoms with Gasteiger partial charge in [0.05, 0.1) is 11.2 Å². The number of halogens is 2. The Bertz CT molecular complexity index is 766. The Hall–Kier alpha value is -1.68. The second kappa shape index (κ2) is 5.98. The maximum atomic E-state index is 14.0. The summed E-state index contributed by atoms with van der Waals surface area (Å²) in [5.41, 5.74) is 2.86. The van der Waals surface area contributed by atoms with E-state index in [-0.39, 0.29) is 11.7 Å². The number of hydrogen-bond acceptors (Lipinski definition) is 1. The molecule has 0 bridgehead atoms. The number of nitrogens with zero attached hydrogens (tertiary/aromatic N) is 2. The molecule has 2 nitrogen and oxygen atoms in total. The van der Waals surface area contributed by atoms with E-state index in [4.69, 9.17) is 0 Å². The van der Waals surface area contributed by atoms with Crippen LogP contribution in [0.15, 0.2) is 48.5 Å². The van der Waals surface area contributed by atoms with Crippen molar-refractivity contribution >= 4 is 26.8 Å². The van der Waals surface area contributed by atoms with Gasteiger partial charge in [-0.25, -0.2) is 4.39 Å². The van der Waals surface area contributed by atoms with E-state index in [2.05, 4.69) is 33.2 Å². The summed E-state index contributed by atoms with van der Waals surface area (Å²) in [6.45, 7) is 0. The first-order valence-corrected chi connectivity index (χ1v) is 8.04. The second-order valence-electron chi connectivity index (χ2n) is 5.16. The molecule has 2 aromatic carbocycles. The average Bonchev–Trinajstić information content (AvgIpc) is 2.82. The van der Waals surface area contributed by atoms with E-state index >= 15 is 0 Å². The van der Waals surface area contributed by atoms with E-state index in [1.54, 1.807) is 6.07 Å². The summed E-state index contributed by atoms with van der Waals surface area (Å²) < 4.78 is 15.9. The van der Waals surface area contributed by atoms with E-state index in [9.17, 15) is 4.39 Å². The molecule has 1 aromatic heterocycles. The molecule has 0 aliphatic heterocycles. The Morgan fingerprint density at radius 2 is 1.86 bits per heavy atom. The fourth-order valence-corrected chi connectivity index (χ4v) is 3.30. The molecule has 0 fully saturated rings. The average molecular weight is 347 g/mol. The van der Waals surface area contributed by atoms with Gasteiger partial charge in [-0.3, -0.25) is 4.68 Å². The third-order valence-corrected chi connectivity index (χ3v) is 4.59. The van der Waals surface area contributed by atoms with Crippen molar-refractivity contribution < 1.29 is 4.39 Å². The molecule has 0 aliphatic carbocycles. The Balaban J connectivity index is 1.99. The van der Waals surface area contributed by atoms with Crippen LogP contribution < -0.4 is 0 Å². The quantitative estimate of drug-likeness (QED) is 0.639. The van der Waals surface area contributed by atoms with Crippen LogP contribution in [0.1, 0.15) is 17.2 Å². The third-order valence-electron chi connectivity index (χ3n) is 3.81. The lowest BCUT2D eigenvalue weighted by Gasteiger charge is -2.14. The molecule has 0 spiro atoms. The van der Waals surface area contributed by atoms with Crippen LogP contribution in [0.2, 0.25) is 0 Å². The van der Waals surface area contributed by atoms with Crippen LogP contribution >= 0.6 is 15.9 Å². The molecule has 0 radical (unpaired) electrons. The van der Waals surface area contributed by atoms with Crippen molar-refractivity contribution in [2.24, 2.45) is 7.05 Å². The molecule has 3 aromatic rings. The minimum Gasteiger partial charge on any atom is -0.268 e. The highest BCUT2D eigenvalue weighted by atomic mass is 79.9. The van der Waals surface area contributed by atoms with Gasteiger partial charge >= 0.3 is 0 Å². The van der Waals surface area contributed by atoms with Crippen LogP contribution in [0, 0.1) is 5.82 Å². The molecular formula is C17H16BrFN2. The van der Waals surface area contributed by atoms with Gasteiger partial charge in [-0.05, 0) is 24.1 Å². The maximum Gasteiger partial charge on any atom is 0.126 e. The van der Waals surface area contributed by atoms with Gasteiger partial charge in [0.1, 0.15) is 5.82 Å². The molecule has 0 amide bonds. The first-order valence-electron chi connectivity index (χ1n) is 6.91. The van der Waals surface area contributed by atoms with Crippen LogP contribution in [0.5, 0.6) is 0 Å². The highest BCUT2D eigenvalue weighted by molar-refractivity contribution is 9.09. The van der Waals surface area contributed by atoms with Gasteiger partial charge in [0, 0.05) is 23.7 Å². The highest BCUT2D eigenvalue weighted by Crippen LogP contribution is 2.28. The Labute approximate surface area is 131 Å². The summed E-state index contributed by atoms with van der Waals surface area (Å²) in [6.07, 6.45) is 0.716. The minimum absolute atomic E-state index is 0.0736. The van der Waals surface area contributed by atoms with E-state index < -0.39 is 0 Å². The standard InChI is InChI=1S/C17H16BrFN2/c1-21-17-9-5-3-7-14(17)16(20-21)10-12(11-18)13-6-2-4-8-15(13)19/h2-9,12H,10-11H2,1H3. The molecule has 3 rings (SSSR count). The van der Waals surface area contributed by atoms with Crippen LogP contribution in [0.4, 0.5) is 4.39 Å². The Morgan fingerprint density at radius 3 is 2.62 bits per heavy atom. The Kier molecular flexibility index (Phi) is 4.06. The number of hydrogen-bond donors (Lipinski definition) is 0. The third kappa shape index (κ3) is 2.72. The summed E-state index contributed by atoms with van der Waals surface area (Å²) in [6, 6.07) is 15.1. The van der Waals surface area contributed by atoms with Crippen molar-refractivity contribution in [2.75, 3.05) is 5.33 Å². The molecule has 0 aliphatic rings. The number of benzene rings is 2. The van der Waals surface area contributed by atoms with Crippen molar-refractivity contribution in [2.45, 2.75) is 12.3 Å². The summed E-state index contributed by atoms with van der Waals surface area (Å²) in [7, 11) is 1.94. The summed E-state index contributed by atoms with van der Waals surface area (Å²) >= 11 is 3.51. The molecule has 1 unspecified atom stereocenters. The zero-order chi connectivity index (χ0) is 14.8. The summed E-state index contributed by atoms with van der Waals surface area (Å²) in [5.74, 6) is -0.0771. The molecule has 0 N–H and O–H groups in total. The van der Waals surface area contributed by atoms with E-state index in [1.165, 1.54) is 6.07 Å². The SMILES string of the molecule is Cn1nc(CC(CBr)c2ccccc2F)c2ccccc21. The van der Waals surface area contributed by atoms with E-state index in [0.717, 1.165) is 22.2 Å². The maximum absolute atomic E-state index is 14.0. The number of aryl methyl sites for hydroxylation is 1. The molecular weight excluding hydrogens is 331 g/mol. The number of alkyl halides is 1. The Morgan fingerprint density at radius 1 is 1.14 bits per heavy atom. The monoisotopic (exact) mass is 346 g/mol. The van der Waals surface area contributed by atoms with Crippen LogP contribution in [-0.2, 0) is 13.5 Å². The fraction of sp³-hybridized carbons (Fsp3) is 0.235. The lowest BCUT2D eigenvalue weighted by molar-refractivity contribution is 0.587. The first-order chi connectivity index (χ1) is 10.2. The predicted molar refractivity (Wildman–Crippen MR) is 87.4 cm³/mol. The lowest BCUT2D eigenvalue weighted by atomic mass is 9.94. The smallest absolute Gasteiger partial charge is 0.126 e. The van der Waals surface area contributed by atoms with Gasteiger partial charge in [-0.15, -0.1) is 0 Å².